The van der Waals surface area contributed by atoms with Gasteiger partial charge in [-0.05, 0) is 32.6 Å². The van der Waals surface area contributed by atoms with E-state index in [0.29, 0.717) is 24.3 Å². The van der Waals surface area contributed by atoms with Gasteiger partial charge in [0.05, 0.1) is 12.1 Å². The number of nitrogens with zero attached hydrogens (tertiary/aromatic N) is 3. The van der Waals surface area contributed by atoms with Crippen molar-refractivity contribution in [2.45, 2.75) is 45.3 Å². The van der Waals surface area contributed by atoms with Crippen molar-refractivity contribution < 1.29 is 9.53 Å². The van der Waals surface area contributed by atoms with Crippen LogP contribution in [0, 0.1) is 5.92 Å². The van der Waals surface area contributed by atoms with Crippen molar-refractivity contribution in [1.82, 2.24) is 25.9 Å². The summed E-state index contributed by atoms with van der Waals surface area (Å²) in [5.41, 5.74) is 0. The van der Waals surface area contributed by atoms with Crippen LogP contribution in [-0.2, 0) is 9.53 Å². The van der Waals surface area contributed by atoms with E-state index in [1.807, 2.05) is 13.8 Å². The minimum absolute atomic E-state index is 0.0345. The zero-order chi connectivity index (χ0) is 13.0. The second kappa shape index (κ2) is 5.90. The van der Waals surface area contributed by atoms with Gasteiger partial charge in [-0.15, -0.1) is 10.2 Å². The van der Waals surface area contributed by atoms with Gasteiger partial charge in [0.15, 0.2) is 5.82 Å². The third-order valence-corrected chi connectivity index (χ3v) is 3.20. The van der Waals surface area contributed by atoms with Gasteiger partial charge < -0.3 is 10.1 Å². The Balaban J connectivity index is 1.67. The molecular formula is C11H19N5O2. The van der Waals surface area contributed by atoms with Gasteiger partial charge >= 0.3 is 0 Å². The van der Waals surface area contributed by atoms with Gasteiger partial charge in [-0.25, -0.2) is 0 Å². The van der Waals surface area contributed by atoms with Crippen molar-refractivity contribution in [3.8, 4) is 0 Å². The molecule has 1 aromatic rings. The summed E-state index contributed by atoms with van der Waals surface area (Å²) in [5, 5.41) is 16.4. The quantitative estimate of drug-likeness (QED) is 0.773. The SMILES string of the molecule is CCOC1CC(CC(=O)NC(C)c2nn[nH]n2)C1. The molecule has 0 aliphatic heterocycles. The first-order valence-electron chi connectivity index (χ1n) is 6.33. The van der Waals surface area contributed by atoms with E-state index < -0.39 is 0 Å². The Kier molecular flexibility index (Phi) is 4.24. The molecule has 0 aromatic carbocycles. The lowest BCUT2D eigenvalue weighted by atomic mass is 9.80. The maximum Gasteiger partial charge on any atom is 0.220 e. The van der Waals surface area contributed by atoms with Gasteiger partial charge in [0.2, 0.25) is 5.91 Å². The van der Waals surface area contributed by atoms with Crippen LogP contribution in [0.3, 0.4) is 0 Å². The molecule has 1 unspecified atom stereocenters. The molecule has 1 amide bonds. The number of nitrogens with one attached hydrogen (secondary N) is 2. The highest BCUT2D eigenvalue weighted by Gasteiger charge is 2.31. The van der Waals surface area contributed by atoms with Crippen LogP contribution < -0.4 is 5.32 Å². The predicted octanol–water partition coefficient (Wildman–Crippen LogP) is 0.582. The third kappa shape index (κ3) is 3.25. The van der Waals surface area contributed by atoms with E-state index in [9.17, 15) is 4.79 Å². The molecule has 0 spiro atoms. The Labute approximate surface area is 106 Å². The highest BCUT2D eigenvalue weighted by Crippen LogP contribution is 2.32. The average Bonchev–Trinajstić information content (AvgIpc) is 2.79. The van der Waals surface area contributed by atoms with Crippen LogP contribution in [0.1, 0.15) is 45.0 Å². The minimum atomic E-state index is -0.209. The monoisotopic (exact) mass is 253 g/mol. The Morgan fingerprint density at radius 1 is 1.61 bits per heavy atom. The summed E-state index contributed by atoms with van der Waals surface area (Å²) in [6, 6.07) is -0.209. The molecule has 7 heteroatoms. The fourth-order valence-corrected chi connectivity index (χ4v) is 2.19. The summed E-state index contributed by atoms with van der Waals surface area (Å²) in [5.74, 6) is 0.982. The van der Waals surface area contributed by atoms with Gasteiger partial charge in [-0.1, -0.05) is 5.21 Å². The number of carbonyl (C=O) groups is 1. The summed E-state index contributed by atoms with van der Waals surface area (Å²) >= 11 is 0. The lowest BCUT2D eigenvalue weighted by Gasteiger charge is -2.34. The van der Waals surface area contributed by atoms with Crippen LogP contribution in [0.2, 0.25) is 0 Å². The number of carbonyl (C=O) groups excluding carboxylic acids is 1. The Morgan fingerprint density at radius 2 is 2.39 bits per heavy atom. The second-order valence-electron chi connectivity index (χ2n) is 4.68. The summed E-state index contributed by atoms with van der Waals surface area (Å²) in [6.07, 6.45) is 2.86. The standard InChI is InChI=1S/C11H19N5O2/c1-3-18-9-4-8(5-9)6-10(17)12-7(2)11-13-15-16-14-11/h7-9H,3-6H2,1-2H3,(H,12,17)(H,13,14,15,16). The highest BCUT2D eigenvalue weighted by atomic mass is 16.5. The normalized spacial score (nSPS) is 24.3. The topological polar surface area (TPSA) is 92.8 Å². The fourth-order valence-electron chi connectivity index (χ4n) is 2.19. The van der Waals surface area contributed by atoms with Gasteiger partial charge in [0.1, 0.15) is 0 Å². The smallest absolute Gasteiger partial charge is 0.220 e. The van der Waals surface area contributed by atoms with Gasteiger partial charge in [-0.3, -0.25) is 4.79 Å². The maximum atomic E-state index is 11.8. The molecule has 0 radical (unpaired) electrons. The van der Waals surface area contributed by atoms with E-state index >= 15 is 0 Å². The van der Waals surface area contributed by atoms with E-state index in [1.165, 1.54) is 0 Å². The fraction of sp³-hybridized carbons (Fsp3) is 0.818. The molecule has 1 aromatic heterocycles. The lowest BCUT2D eigenvalue weighted by molar-refractivity contribution is -0.125. The Morgan fingerprint density at radius 3 is 3.00 bits per heavy atom. The first-order valence-corrected chi connectivity index (χ1v) is 6.33. The molecular weight excluding hydrogens is 234 g/mol. The molecule has 1 saturated carbocycles. The van der Waals surface area contributed by atoms with Crippen LogP contribution in [0.5, 0.6) is 0 Å². The van der Waals surface area contributed by atoms with Crippen molar-refractivity contribution in [2.24, 2.45) is 5.92 Å². The molecule has 100 valence electrons. The van der Waals surface area contributed by atoms with Crippen molar-refractivity contribution >= 4 is 5.91 Å². The van der Waals surface area contributed by atoms with Crippen LogP contribution in [0.25, 0.3) is 0 Å². The number of rotatable bonds is 6. The first-order chi connectivity index (χ1) is 8.69. The van der Waals surface area contributed by atoms with Gasteiger partial charge in [-0.2, -0.15) is 5.21 Å². The van der Waals surface area contributed by atoms with Crippen molar-refractivity contribution in [3.05, 3.63) is 5.82 Å². The number of ether oxygens (including phenoxy) is 1. The van der Waals surface area contributed by atoms with E-state index in [1.54, 1.807) is 0 Å². The maximum absolute atomic E-state index is 11.8. The summed E-state index contributed by atoms with van der Waals surface area (Å²) in [4.78, 5) is 11.8. The molecule has 18 heavy (non-hydrogen) atoms. The molecule has 2 N–H and O–H groups in total. The summed E-state index contributed by atoms with van der Waals surface area (Å²) in [7, 11) is 0. The van der Waals surface area contributed by atoms with Crippen molar-refractivity contribution in [3.63, 3.8) is 0 Å². The van der Waals surface area contributed by atoms with Crippen molar-refractivity contribution in [2.75, 3.05) is 6.61 Å². The average molecular weight is 253 g/mol. The lowest BCUT2D eigenvalue weighted by Crippen LogP contribution is -2.36. The van der Waals surface area contributed by atoms with Gasteiger partial charge in [0.25, 0.3) is 0 Å². The number of H-pyrrole nitrogens is 1. The predicted molar refractivity (Wildman–Crippen MR) is 63.5 cm³/mol. The van der Waals surface area contributed by atoms with Crippen molar-refractivity contribution in [1.29, 1.82) is 0 Å². The molecule has 0 saturated heterocycles. The zero-order valence-electron chi connectivity index (χ0n) is 10.7. The van der Waals surface area contributed by atoms with E-state index in [0.717, 1.165) is 19.4 Å². The number of amides is 1. The van der Waals surface area contributed by atoms with Crippen LogP contribution in [-0.4, -0.2) is 39.2 Å². The molecule has 1 heterocycles. The molecule has 1 aliphatic carbocycles. The highest BCUT2D eigenvalue weighted by molar-refractivity contribution is 5.76. The van der Waals surface area contributed by atoms with Crippen LogP contribution in [0.15, 0.2) is 0 Å². The van der Waals surface area contributed by atoms with Gasteiger partial charge in [0, 0.05) is 13.0 Å². The Bertz CT molecular complexity index is 375. The molecule has 7 nitrogen and oxygen atoms in total. The molecule has 1 fully saturated rings. The summed E-state index contributed by atoms with van der Waals surface area (Å²) in [6.45, 7) is 4.58. The largest absolute Gasteiger partial charge is 0.378 e. The number of hydrogen-bond donors (Lipinski definition) is 2. The number of hydrogen-bond acceptors (Lipinski definition) is 5. The second-order valence-corrected chi connectivity index (χ2v) is 4.68. The third-order valence-electron chi connectivity index (χ3n) is 3.20. The van der Waals surface area contributed by atoms with E-state index in [2.05, 4.69) is 25.9 Å². The Hall–Kier alpha value is -1.50. The number of aromatic amines is 1. The molecule has 0 bridgehead atoms. The van der Waals surface area contributed by atoms with E-state index in [4.69, 9.17) is 4.74 Å². The number of aromatic nitrogens is 4. The molecule has 2 rings (SSSR count). The van der Waals surface area contributed by atoms with E-state index in [-0.39, 0.29) is 11.9 Å². The van der Waals surface area contributed by atoms with Crippen LogP contribution in [0.4, 0.5) is 0 Å². The zero-order valence-corrected chi connectivity index (χ0v) is 10.7. The minimum Gasteiger partial charge on any atom is -0.378 e. The molecule has 1 atom stereocenters. The number of tetrazole rings is 1. The molecule has 1 aliphatic rings. The first kappa shape index (κ1) is 12.9. The van der Waals surface area contributed by atoms with Crippen LogP contribution >= 0.6 is 0 Å². The summed E-state index contributed by atoms with van der Waals surface area (Å²) < 4.78 is 5.47.